The van der Waals surface area contributed by atoms with E-state index < -0.39 is 11.4 Å². The Morgan fingerprint density at radius 1 is 1.28 bits per heavy atom. The van der Waals surface area contributed by atoms with Gasteiger partial charge in [0.25, 0.3) is 0 Å². The zero-order chi connectivity index (χ0) is 13.6. The Kier molecular flexibility index (Phi) is 5.59. The number of nitrogens with one attached hydrogen (secondary N) is 1. The van der Waals surface area contributed by atoms with Crippen LogP contribution in [0.25, 0.3) is 0 Å². The maximum atomic E-state index is 11.9. The average molecular weight is 257 g/mol. The number of hydrogen-bond donors (Lipinski definition) is 3. The van der Waals surface area contributed by atoms with Crippen LogP contribution in [0.3, 0.4) is 0 Å². The number of aliphatic hydroxyl groups is 1. The zero-order valence-corrected chi connectivity index (χ0v) is 10.9. The second-order valence-electron chi connectivity index (χ2n) is 5.18. The molecule has 5 nitrogen and oxygen atoms in total. The van der Waals surface area contributed by atoms with Gasteiger partial charge in [-0.05, 0) is 19.3 Å². The van der Waals surface area contributed by atoms with Crippen LogP contribution < -0.4 is 5.32 Å². The van der Waals surface area contributed by atoms with Gasteiger partial charge in [-0.15, -0.1) is 0 Å². The molecule has 0 radical (unpaired) electrons. The van der Waals surface area contributed by atoms with E-state index >= 15 is 0 Å². The van der Waals surface area contributed by atoms with Crippen molar-refractivity contribution in [3.05, 3.63) is 0 Å². The molecule has 1 aliphatic rings. The fourth-order valence-corrected chi connectivity index (χ4v) is 2.56. The minimum absolute atomic E-state index is 0.0266. The van der Waals surface area contributed by atoms with Crippen molar-refractivity contribution in [3.8, 4) is 0 Å². The second kappa shape index (κ2) is 6.73. The summed E-state index contributed by atoms with van der Waals surface area (Å²) in [7, 11) is 0. The molecule has 0 spiro atoms. The lowest BCUT2D eigenvalue weighted by atomic mass is 9.71. The molecule has 5 heteroatoms. The minimum Gasteiger partial charge on any atom is -0.481 e. The molecule has 0 aromatic rings. The summed E-state index contributed by atoms with van der Waals surface area (Å²) in [5, 5.41) is 21.1. The van der Waals surface area contributed by atoms with E-state index in [4.69, 9.17) is 5.11 Å². The quantitative estimate of drug-likeness (QED) is 0.669. The highest BCUT2D eigenvalue weighted by Crippen LogP contribution is 2.39. The van der Waals surface area contributed by atoms with Crippen LogP contribution in [0, 0.1) is 5.41 Å². The largest absolute Gasteiger partial charge is 0.481 e. The number of aliphatic carboxylic acids is 1. The van der Waals surface area contributed by atoms with Gasteiger partial charge in [-0.25, -0.2) is 0 Å². The van der Waals surface area contributed by atoms with Crippen LogP contribution in [-0.2, 0) is 9.59 Å². The maximum Gasteiger partial charge on any atom is 0.310 e. The first kappa shape index (κ1) is 15.0. The Morgan fingerprint density at radius 2 is 1.89 bits per heavy atom. The molecule has 18 heavy (non-hydrogen) atoms. The number of aliphatic hydroxyl groups excluding tert-OH is 1. The first-order valence-electron chi connectivity index (χ1n) is 6.67. The van der Waals surface area contributed by atoms with Crippen molar-refractivity contribution in [2.45, 2.75) is 57.9 Å². The van der Waals surface area contributed by atoms with Crippen molar-refractivity contribution in [1.82, 2.24) is 5.32 Å². The monoisotopic (exact) mass is 257 g/mol. The molecule has 0 bridgehead atoms. The number of hydrogen-bond acceptors (Lipinski definition) is 3. The van der Waals surface area contributed by atoms with E-state index in [1.165, 1.54) is 0 Å². The summed E-state index contributed by atoms with van der Waals surface area (Å²) < 4.78 is 0. The molecular formula is C13H23NO4. The SMILES string of the molecule is CC[C@H](CO)NC(=O)CC1(C(=O)O)CCCCC1. The maximum absolute atomic E-state index is 11.9. The van der Waals surface area contributed by atoms with Crippen LogP contribution in [0.4, 0.5) is 0 Å². The molecule has 1 aliphatic carbocycles. The van der Waals surface area contributed by atoms with E-state index in [0.29, 0.717) is 19.3 Å². The summed E-state index contributed by atoms with van der Waals surface area (Å²) in [4.78, 5) is 23.3. The molecule has 1 atom stereocenters. The van der Waals surface area contributed by atoms with Crippen molar-refractivity contribution in [3.63, 3.8) is 0 Å². The topological polar surface area (TPSA) is 86.6 Å². The van der Waals surface area contributed by atoms with Crippen molar-refractivity contribution in [2.24, 2.45) is 5.41 Å². The fraction of sp³-hybridized carbons (Fsp3) is 0.846. The van der Waals surface area contributed by atoms with Gasteiger partial charge in [0, 0.05) is 6.42 Å². The van der Waals surface area contributed by atoms with Crippen LogP contribution in [-0.4, -0.2) is 34.7 Å². The Balaban J connectivity index is 2.61. The average Bonchev–Trinajstić information content (AvgIpc) is 2.36. The van der Waals surface area contributed by atoms with Gasteiger partial charge in [-0.3, -0.25) is 9.59 Å². The molecule has 0 heterocycles. The first-order valence-corrected chi connectivity index (χ1v) is 6.67. The van der Waals surface area contributed by atoms with Crippen LogP contribution in [0.15, 0.2) is 0 Å². The first-order chi connectivity index (χ1) is 8.54. The highest BCUT2D eigenvalue weighted by molar-refractivity contribution is 5.85. The van der Waals surface area contributed by atoms with E-state index in [0.717, 1.165) is 19.3 Å². The van der Waals surface area contributed by atoms with Gasteiger partial charge < -0.3 is 15.5 Å². The minimum atomic E-state index is -0.893. The van der Waals surface area contributed by atoms with Crippen LogP contribution in [0.1, 0.15) is 51.9 Å². The predicted octanol–water partition coefficient (Wildman–Crippen LogP) is 1.30. The molecule has 0 aromatic carbocycles. The number of amides is 1. The van der Waals surface area contributed by atoms with Crippen molar-refractivity contribution in [1.29, 1.82) is 0 Å². The zero-order valence-electron chi connectivity index (χ0n) is 10.9. The molecule has 1 saturated carbocycles. The molecule has 3 N–H and O–H groups in total. The summed E-state index contributed by atoms with van der Waals surface area (Å²) in [5.41, 5.74) is -0.893. The molecule has 104 valence electrons. The van der Waals surface area contributed by atoms with Crippen LogP contribution in [0.5, 0.6) is 0 Å². The van der Waals surface area contributed by atoms with Gasteiger partial charge in [0.2, 0.25) is 5.91 Å². The van der Waals surface area contributed by atoms with Gasteiger partial charge in [-0.1, -0.05) is 26.2 Å². The number of carboxylic acid groups (broad SMARTS) is 1. The predicted molar refractivity (Wildman–Crippen MR) is 67.1 cm³/mol. The van der Waals surface area contributed by atoms with Crippen molar-refractivity contribution < 1.29 is 19.8 Å². The molecule has 1 fully saturated rings. The molecule has 0 saturated heterocycles. The molecule has 0 unspecified atom stereocenters. The third-order valence-corrected chi connectivity index (χ3v) is 3.84. The Labute approximate surface area is 108 Å². The molecule has 1 amide bonds. The van der Waals surface area contributed by atoms with E-state index in [9.17, 15) is 14.7 Å². The molecular weight excluding hydrogens is 234 g/mol. The van der Waals surface area contributed by atoms with Gasteiger partial charge >= 0.3 is 5.97 Å². The van der Waals surface area contributed by atoms with Crippen molar-refractivity contribution in [2.75, 3.05) is 6.61 Å². The van der Waals surface area contributed by atoms with Crippen molar-refractivity contribution >= 4 is 11.9 Å². The smallest absolute Gasteiger partial charge is 0.310 e. The second-order valence-corrected chi connectivity index (χ2v) is 5.18. The third-order valence-electron chi connectivity index (χ3n) is 3.84. The summed E-state index contributed by atoms with van der Waals surface area (Å²) in [6, 6.07) is -0.271. The summed E-state index contributed by atoms with van der Waals surface area (Å²) in [6.07, 6.45) is 4.61. The number of carbonyl (C=O) groups excluding carboxylic acids is 1. The van der Waals surface area contributed by atoms with Crippen LogP contribution in [0.2, 0.25) is 0 Å². The summed E-state index contributed by atoms with van der Waals surface area (Å²) >= 11 is 0. The lowest BCUT2D eigenvalue weighted by Gasteiger charge is -2.32. The molecule has 1 rings (SSSR count). The van der Waals surface area contributed by atoms with Gasteiger partial charge in [0.1, 0.15) is 0 Å². The standard InChI is InChI=1S/C13H23NO4/c1-2-10(9-15)14-11(16)8-13(12(17)18)6-4-3-5-7-13/h10,15H,2-9H2,1H3,(H,14,16)(H,17,18)/t10-/m1/s1. The van der Waals surface area contributed by atoms with E-state index in [-0.39, 0.29) is 25.0 Å². The lowest BCUT2D eigenvalue weighted by Crippen LogP contribution is -2.43. The molecule has 0 aromatic heterocycles. The van der Waals surface area contributed by atoms with Crippen LogP contribution >= 0.6 is 0 Å². The Hall–Kier alpha value is -1.10. The summed E-state index contributed by atoms with van der Waals surface area (Å²) in [5.74, 6) is -1.13. The van der Waals surface area contributed by atoms with Gasteiger partial charge in [-0.2, -0.15) is 0 Å². The van der Waals surface area contributed by atoms with E-state index in [2.05, 4.69) is 5.32 Å². The van der Waals surface area contributed by atoms with E-state index in [1.807, 2.05) is 6.92 Å². The normalized spacial score (nSPS) is 20.1. The Morgan fingerprint density at radius 3 is 2.33 bits per heavy atom. The highest BCUT2D eigenvalue weighted by Gasteiger charge is 2.41. The lowest BCUT2D eigenvalue weighted by molar-refractivity contribution is -0.154. The van der Waals surface area contributed by atoms with Gasteiger partial charge in [0.05, 0.1) is 18.1 Å². The number of carbonyl (C=O) groups is 2. The molecule has 0 aliphatic heterocycles. The fourth-order valence-electron chi connectivity index (χ4n) is 2.56. The van der Waals surface area contributed by atoms with E-state index in [1.54, 1.807) is 0 Å². The number of carboxylic acids is 1. The summed E-state index contributed by atoms with van der Waals surface area (Å²) in [6.45, 7) is 1.76. The number of rotatable bonds is 6. The highest BCUT2D eigenvalue weighted by atomic mass is 16.4. The van der Waals surface area contributed by atoms with Gasteiger partial charge in [0.15, 0.2) is 0 Å². The third kappa shape index (κ3) is 3.70. The Bertz CT molecular complexity index is 293.